The lowest BCUT2D eigenvalue weighted by Gasteiger charge is -2.11. The Balaban J connectivity index is 1.57. The number of ether oxygens (including phenoxy) is 1. The van der Waals surface area contributed by atoms with E-state index in [0.717, 1.165) is 29.5 Å². The van der Waals surface area contributed by atoms with Gasteiger partial charge in [-0.3, -0.25) is 4.79 Å². The van der Waals surface area contributed by atoms with Crippen LogP contribution in [0.15, 0.2) is 54.1 Å². The Morgan fingerprint density at radius 1 is 1.25 bits per heavy atom. The van der Waals surface area contributed by atoms with Crippen LogP contribution in [0.4, 0.5) is 4.39 Å². The number of hydrogen-bond donors (Lipinski definition) is 1. The molecule has 0 unspecified atom stereocenters. The predicted octanol–water partition coefficient (Wildman–Crippen LogP) is 5.49. The normalized spacial score (nSPS) is 11.2. The Kier molecular flexibility index (Phi) is 7.14. The van der Waals surface area contributed by atoms with Gasteiger partial charge in [0.2, 0.25) is 0 Å². The molecule has 4 nitrogen and oxygen atoms in total. The van der Waals surface area contributed by atoms with Gasteiger partial charge in [-0.25, -0.2) is 9.37 Å². The highest BCUT2D eigenvalue weighted by Crippen LogP contribution is 2.22. The topological polar surface area (TPSA) is 51.2 Å². The highest BCUT2D eigenvalue weighted by Gasteiger charge is 2.12. The van der Waals surface area contributed by atoms with Gasteiger partial charge in [0.15, 0.2) is 11.6 Å². The van der Waals surface area contributed by atoms with Crippen molar-refractivity contribution in [2.75, 3.05) is 6.61 Å². The van der Waals surface area contributed by atoms with Crippen LogP contribution in [0.5, 0.6) is 5.75 Å². The number of unbranched alkanes of at least 4 members (excludes halogenated alkanes) is 1. The molecule has 3 rings (SSSR count). The zero-order valence-corrected chi connectivity index (χ0v) is 16.6. The fraction of sp³-hybridized carbons (Fsp3) is 0.273. The average molecular weight is 399 g/mol. The minimum atomic E-state index is -0.432. The maximum absolute atomic E-state index is 14.6. The summed E-state index contributed by atoms with van der Waals surface area (Å²) in [7, 11) is 0. The fourth-order valence-corrected chi connectivity index (χ4v) is 3.43. The van der Waals surface area contributed by atoms with Crippen molar-refractivity contribution in [2.24, 2.45) is 0 Å². The molecule has 1 aromatic heterocycles. The minimum absolute atomic E-state index is 0.0962. The molecule has 0 bridgehead atoms. The van der Waals surface area contributed by atoms with Gasteiger partial charge >= 0.3 is 0 Å². The quantitative estimate of drug-likeness (QED) is 0.383. The van der Waals surface area contributed by atoms with Crippen molar-refractivity contribution in [3.8, 4) is 5.75 Å². The first-order valence-corrected chi connectivity index (χ1v) is 10.2. The van der Waals surface area contributed by atoms with Gasteiger partial charge in [-0.05, 0) is 37.1 Å². The van der Waals surface area contributed by atoms with Crippen molar-refractivity contribution >= 4 is 27.5 Å². The standard InChI is InChI=1S/C22H23FN2O2S/c1-2-3-4-5-6-12-27-19-9-7-8-17(21(19)23)14-24-22(26)16-10-11-18-20(13-16)28-15-25-18/h4-5,7-11,13,15H,2-3,6,12,14H2,1H3,(H,24,26). The van der Waals surface area contributed by atoms with Gasteiger partial charge in [-0.1, -0.05) is 37.6 Å². The van der Waals surface area contributed by atoms with E-state index in [1.54, 1.807) is 35.8 Å². The van der Waals surface area contributed by atoms with E-state index in [9.17, 15) is 9.18 Å². The Labute approximate surface area is 168 Å². The van der Waals surface area contributed by atoms with Crippen LogP contribution in [0.25, 0.3) is 10.2 Å². The summed E-state index contributed by atoms with van der Waals surface area (Å²) in [5, 5.41) is 2.77. The molecule has 0 fully saturated rings. The summed E-state index contributed by atoms with van der Waals surface area (Å²) in [5.74, 6) is -0.470. The second-order valence-corrected chi connectivity index (χ2v) is 7.23. The van der Waals surface area contributed by atoms with Crippen LogP contribution in [-0.4, -0.2) is 17.5 Å². The maximum Gasteiger partial charge on any atom is 0.251 e. The maximum atomic E-state index is 14.6. The third-order valence-electron chi connectivity index (χ3n) is 4.24. The third kappa shape index (κ3) is 5.16. The molecule has 1 amide bonds. The molecule has 146 valence electrons. The molecule has 0 atom stereocenters. The number of carbonyl (C=O) groups is 1. The fourth-order valence-electron chi connectivity index (χ4n) is 2.72. The minimum Gasteiger partial charge on any atom is -0.490 e. The highest BCUT2D eigenvalue weighted by molar-refractivity contribution is 7.16. The van der Waals surface area contributed by atoms with Gasteiger partial charge in [0.25, 0.3) is 5.91 Å². The molecule has 0 aliphatic rings. The summed E-state index contributed by atoms with van der Waals surface area (Å²) in [6.45, 7) is 2.64. The molecular formula is C22H23FN2O2S. The molecule has 6 heteroatoms. The number of nitrogens with one attached hydrogen (secondary N) is 1. The lowest BCUT2D eigenvalue weighted by Crippen LogP contribution is -2.23. The first-order chi connectivity index (χ1) is 13.7. The lowest BCUT2D eigenvalue weighted by molar-refractivity contribution is 0.0950. The van der Waals surface area contributed by atoms with E-state index in [1.807, 2.05) is 12.1 Å². The van der Waals surface area contributed by atoms with Crippen LogP contribution in [0.3, 0.4) is 0 Å². The molecule has 0 radical (unpaired) electrons. The number of fused-ring (bicyclic) bond motifs is 1. The van der Waals surface area contributed by atoms with Crippen molar-refractivity contribution < 1.29 is 13.9 Å². The molecule has 0 spiro atoms. The zero-order chi connectivity index (χ0) is 19.8. The first-order valence-electron chi connectivity index (χ1n) is 9.35. The summed E-state index contributed by atoms with van der Waals surface area (Å²) in [5.41, 5.74) is 3.53. The molecular weight excluding hydrogens is 375 g/mol. The summed E-state index contributed by atoms with van der Waals surface area (Å²) in [6, 6.07) is 10.3. The van der Waals surface area contributed by atoms with E-state index in [0.29, 0.717) is 17.7 Å². The number of benzene rings is 2. The second-order valence-electron chi connectivity index (χ2n) is 6.34. The molecule has 1 N–H and O–H groups in total. The number of hydrogen-bond acceptors (Lipinski definition) is 4. The van der Waals surface area contributed by atoms with Crippen molar-refractivity contribution in [2.45, 2.75) is 32.7 Å². The Hall–Kier alpha value is -2.73. The number of halogens is 1. The summed E-state index contributed by atoms with van der Waals surface area (Å²) >= 11 is 1.48. The van der Waals surface area contributed by atoms with E-state index in [-0.39, 0.29) is 18.2 Å². The van der Waals surface area contributed by atoms with E-state index in [4.69, 9.17) is 4.74 Å². The van der Waals surface area contributed by atoms with Crippen LogP contribution in [-0.2, 0) is 6.54 Å². The number of nitrogens with zero attached hydrogens (tertiary/aromatic N) is 1. The molecule has 28 heavy (non-hydrogen) atoms. The van der Waals surface area contributed by atoms with Crippen molar-refractivity contribution in [3.05, 3.63) is 71.0 Å². The van der Waals surface area contributed by atoms with E-state index >= 15 is 0 Å². The Morgan fingerprint density at radius 2 is 2.11 bits per heavy atom. The molecule has 2 aromatic carbocycles. The largest absolute Gasteiger partial charge is 0.490 e. The Bertz CT molecular complexity index is 968. The number of thiazole rings is 1. The second kappa shape index (κ2) is 9.99. The van der Waals surface area contributed by atoms with E-state index in [2.05, 4.69) is 23.3 Å². The smallest absolute Gasteiger partial charge is 0.251 e. The van der Waals surface area contributed by atoms with Gasteiger partial charge in [-0.15, -0.1) is 11.3 Å². The number of rotatable bonds is 9. The molecule has 0 saturated carbocycles. The lowest BCUT2D eigenvalue weighted by atomic mass is 10.1. The van der Waals surface area contributed by atoms with Crippen LogP contribution in [0.1, 0.15) is 42.1 Å². The molecule has 3 aromatic rings. The van der Waals surface area contributed by atoms with Gasteiger partial charge in [0, 0.05) is 17.7 Å². The average Bonchev–Trinajstić information content (AvgIpc) is 3.18. The van der Waals surface area contributed by atoms with Gasteiger partial charge < -0.3 is 10.1 Å². The van der Waals surface area contributed by atoms with Gasteiger partial charge in [0.05, 0.1) is 22.3 Å². The predicted molar refractivity (Wildman–Crippen MR) is 111 cm³/mol. The monoisotopic (exact) mass is 398 g/mol. The van der Waals surface area contributed by atoms with Crippen LogP contribution in [0.2, 0.25) is 0 Å². The third-order valence-corrected chi connectivity index (χ3v) is 5.03. The SMILES string of the molecule is CCCC=CCCOc1cccc(CNC(=O)c2ccc3ncsc3c2)c1F. The molecule has 0 aliphatic carbocycles. The van der Waals surface area contributed by atoms with Crippen molar-refractivity contribution in [1.29, 1.82) is 0 Å². The van der Waals surface area contributed by atoms with Crippen molar-refractivity contribution in [1.82, 2.24) is 10.3 Å². The summed E-state index contributed by atoms with van der Waals surface area (Å²) in [6.07, 6.45) is 7.04. The van der Waals surface area contributed by atoms with Crippen LogP contribution in [0, 0.1) is 5.82 Å². The number of carbonyl (C=O) groups excluding carboxylic acids is 1. The van der Waals surface area contributed by atoms with Crippen molar-refractivity contribution in [3.63, 3.8) is 0 Å². The van der Waals surface area contributed by atoms with Crippen LogP contribution >= 0.6 is 11.3 Å². The highest BCUT2D eigenvalue weighted by atomic mass is 32.1. The van der Waals surface area contributed by atoms with E-state index < -0.39 is 5.82 Å². The number of aromatic nitrogens is 1. The van der Waals surface area contributed by atoms with Gasteiger partial charge in [-0.2, -0.15) is 0 Å². The molecule has 1 heterocycles. The molecule has 0 saturated heterocycles. The number of allylic oxidation sites excluding steroid dienone is 1. The van der Waals surface area contributed by atoms with Crippen LogP contribution < -0.4 is 10.1 Å². The first kappa shape index (κ1) is 20.0. The van der Waals surface area contributed by atoms with Gasteiger partial charge in [0.1, 0.15) is 0 Å². The summed E-state index contributed by atoms with van der Waals surface area (Å²) in [4.78, 5) is 16.6. The van der Waals surface area contributed by atoms with E-state index in [1.165, 1.54) is 11.3 Å². The Morgan fingerprint density at radius 3 is 2.96 bits per heavy atom. The summed E-state index contributed by atoms with van der Waals surface area (Å²) < 4.78 is 21.1. The number of amides is 1. The zero-order valence-electron chi connectivity index (χ0n) is 15.8. The molecule has 0 aliphatic heterocycles.